The lowest BCUT2D eigenvalue weighted by Gasteiger charge is -2.31. The number of pyridine rings is 1. The maximum atomic E-state index is 14.1. The lowest BCUT2D eigenvalue weighted by molar-refractivity contribution is 0.222. The smallest absolute Gasteiger partial charge is 0.304 e. The number of hydrogen-bond donors (Lipinski definition) is 0. The molecule has 1 aromatic carbocycles. The molecule has 29 heavy (non-hydrogen) atoms. The van der Waals surface area contributed by atoms with E-state index in [2.05, 4.69) is 10.00 Å². The average molecular weight is 440 g/mol. The van der Waals surface area contributed by atoms with Crippen LogP contribution in [0.5, 0.6) is 0 Å². The molecule has 0 atom stereocenters. The Morgan fingerprint density at radius 1 is 1.14 bits per heavy atom. The maximum Gasteiger partial charge on any atom is 0.350 e. The van der Waals surface area contributed by atoms with E-state index in [-0.39, 0.29) is 27.7 Å². The van der Waals surface area contributed by atoms with E-state index < -0.39 is 21.5 Å². The molecule has 0 radical (unpaired) electrons. The van der Waals surface area contributed by atoms with E-state index in [1.165, 1.54) is 40.8 Å². The molecule has 0 unspecified atom stereocenters. The summed E-state index contributed by atoms with van der Waals surface area (Å²) in [5, 5.41) is 4.35. The van der Waals surface area contributed by atoms with Gasteiger partial charge in [0.05, 0.1) is 11.4 Å². The molecule has 1 saturated heterocycles. The summed E-state index contributed by atoms with van der Waals surface area (Å²) in [6, 6.07) is 7.15. The van der Waals surface area contributed by atoms with Gasteiger partial charge < -0.3 is 4.90 Å². The standard InChI is InChI=1S/C18H19ClFN5O3S/c1-22-7-9-23(10-8-22)29(27,28)13-5-6-17-21-25(18(26)24(17)11-13)12-14-15(19)3-2-4-16(14)20/h2-6,11H,7-10,12H2,1H3. The van der Waals surface area contributed by atoms with Gasteiger partial charge >= 0.3 is 5.69 Å². The van der Waals surface area contributed by atoms with E-state index >= 15 is 0 Å². The molecule has 1 fully saturated rings. The van der Waals surface area contributed by atoms with Crippen LogP contribution in [0.1, 0.15) is 5.56 Å². The highest BCUT2D eigenvalue weighted by atomic mass is 35.5. The fourth-order valence-electron chi connectivity index (χ4n) is 3.27. The second-order valence-corrected chi connectivity index (χ2v) is 9.29. The summed E-state index contributed by atoms with van der Waals surface area (Å²) in [7, 11) is -1.79. The van der Waals surface area contributed by atoms with Gasteiger partial charge in [0, 0.05) is 43.0 Å². The molecule has 2 aromatic heterocycles. The van der Waals surface area contributed by atoms with Crippen LogP contribution in [0.25, 0.3) is 5.65 Å². The number of halogens is 2. The van der Waals surface area contributed by atoms with E-state index in [0.29, 0.717) is 26.2 Å². The van der Waals surface area contributed by atoms with Crippen molar-refractivity contribution in [3.63, 3.8) is 0 Å². The Balaban J connectivity index is 1.70. The van der Waals surface area contributed by atoms with Crippen LogP contribution >= 0.6 is 11.6 Å². The van der Waals surface area contributed by atoms with Gasteiger partial charge in [0.15, 0.2) is 5.65 Å². The molecule has 0 amide bonds. The van der Waals surface area contributed by atoms with E-state index in [0.717, 1.165) is 9.08 Å². The zero-order valence-electron chi connectivity index (χ0n) is 15.6. The quantitative estimate of drug-likeness (QED) is 0.611. The minimum atomic E-state index is -3.73. The van der Waals surface area contributed by atoms with Crippen LogP contribution in [0.2, 0.25) is 5.02 Å². The van der Waals surface area contributed by atoms with Gasteiger partial charge in [-0.3, -0.25) is 0 Å². The number of aromatic nitrogens is 3. The third-order valence-electron chi connectivity index (χ3n) is 5.02. The molecule has 0 bridgehead atoms. The summed E-state index contributed by atoms with van der Waals surface area (Å²) in [6.07, 6.45) is 1.26. The van der Waals surface area contributed by atoms with Gasteiger partial charge in [-0.1, -0.05) is 17.7 Å². The van der Waals surface area contributed by atoms with Crippen molar-refractivity contribution in [2.24, 2.45) is 0 Å². The minimum absolute atomic E-state index is 0.0140. The van der Waals surface area contributed by atoms with Crippen LogP contribution < -0.4 is 5.69 Å². The molecule has 11 heteroatoms. The van der Waals surface area contributed by atoms with Crippen molar-refractivity contribution >= 4 is 27.3 Å². The number of piperazine rings is 1. The number of rotatable bonds is 4. The number of fused-ring (bicyclic) bond motifs is 1. The lowest BCUT2D eigenvalue weighted by Crippen LogP contribution is -2.47. The highest BCUT2D eigenvalue weighted by molar-refractivity contribution is 7.89. The fraction of sp³-hybridized carbons (Fsp3) is 0.333. The second kappa shape index (κ2) is 7.52. The highest BCUT2D eigenvalue weighted by Gasteiger charge is 2.28. The van der Waals surface area contributed by atoms with Gasteiger partial charge in [0.2, 0.25) is 10.0 Å². The van der Waals surface area contributed by atoms with E-state index in [9.17, 15) is 17.6 Å². The van der Waals surface area contributed by atoms with Gasteiger partial charge in [-0.2, -0.15) is 4.31 Å². The third kappa shape index (κ3) is 3.68. The lowest BCUT2D eigenvalue weighted by atomic mass is 10.2. The Labute approximate surface area is 171 Å². The molecule has 3 aromatic rings. The molecule has 0 saturated carbocycles. The molecule has 8 nitrogen and oxygen atoms in total. The Kier molecular flexibility index (Phi) is 5.19. The minimum Gasteiger partial charge on any atom is -0.304 e. The predicted molar refractivity (Wildman–Crippen MR) is 106 cm³/mol. The largest absolute Gasteiger partial charge is 0.350 e. The molecule has 3 heterocycles. The van der Waals surface area contributed by atoms with Gasteiger partial charge in [0.25, 0.3) is 0 Å². The van der Waals surface area contributed by atoms with Crippen LogP contribution in [0, 0.1) is 5.82 Å². The Morgan fingerprint density at radius 3 is 2.55 bits per heavy atom. The number of likely N-dealkylation sites (N-methyl/N-ethyl adjacent to an activating group) is 1. The number of hydrogen-bond acceptors (Lipinski definition) is 5. The number of nitrogens with zero attached hydrogens (tertiary/aromatic N) is 5. The molecule has 0 N–H and O–H groups in total. The van der Waals surface area contributed by atoms with Gasteiger partial charge in [-0.15, -0.1) is 5.10 Å². The van der Waals surface area contributed by atoms with Crippen molar-refractivity contribution in [1.29, 1.82) is 0 Å². The maximum absolute atomic E-state index is 14.1. The Hall–Kier alpha value is -2.27. The summed E-state index contributed by atoms with van der Waals surface area (Å²) >= 11 is 6.03. The molecular formula is C18H19ClFN5O3S. The normalized spacial score (nSPS) is 16.5. The zero-order valence-corrected chi connectivity index (χ0v) is 17.2. The van der Waals surface area contributed by atoms with Gasteiger partial charge in [-0.05, 0) is 31.3 Å². The van der Waals surface area contributed by atoms with Gasteiger partial charge in [-0.25, -0.2) is 26.7 Å². The van der Waals surface area contributed by atoms with Crippen LogP contribution in [-0.4, -0.2) is 65.0 Å². The molecule has 154 valence electrons. The topological polar surface area (TPSA) is 79.9 Å². The van der Waals surface area contributed by atoms with Gasteiger partial charge in [0.1, 0.15) is 5.82 Å². The third-order valence-corrected chi connectivity index (χ3v) is 7.26. The van der Waals surface area contributed by atoms with Crippen LogP contribution in [-0.2, 0) is 16.6 Å². The molecule has 1 aliphatic rings. The zero-order chi connectivity index (χ0) is 20.8. The van der Waals surface area contributed by atoms with Crippen molar-refractivity contribution in [2.45, 2.75) is 11.4 Å². The fourth-order valence-corrected chi connectivity index (χ4v) is 4.91. The highest BCUT2D eigenvalue weighted by Crippen LogP contribution is 2.20. The average Bonchev–Trinajstić information content (AvgIpc) is 3.00. The summed E-state index contributed by atoms with van der Waals surface area (Å²) in [4.78, 5) is 14.8. The van der Waals surface area contributed by atoms with Crippen LogP contribution in [0.15, 0.2) is 46.2 Å². The van der Waals surface area contributed by atoms with E-state index in [4.69, 9.17) is 11.6 Å². The summed E-state index contributed by atoms with van der Waals surface area (Å²) in [5.41, 5.74) is -0.167. The summed E-state index contributed by atoms with van der Waals surface area (Å²) in [5.74, 6) is -0.542. The van der Waals surface area contributed by atoms with Crippen molar-refractivity contribution in [3.8, 4) is 0 Å². The molecule has 4 rings (SSSR count). The number of benzene rings is 1. The van der Waals surface area contributed by atoms with Crippen LogP contribution in [0.4, 0.5) is 4.39 Å². The van der Waals surface area contributed by atoms with Crippen molar-refractivity contribution < 1.29 is 12.8 Å². The molecule has 0 aliphatic carbocycles. The number of sulfonamides is 1. The molecular weight excluding hydrogens is 421 g/mol. The molecule has 1 aliphatic heterocycles. The summed E-state index contributed by atoms with van der Waals surface area (Å²) < 4.78 is 43.5. The first-order valence-corrected chi connectivity index (χ1v) is 10.8. The van der Waals surface area contributed by atoms with Crippen molar-refractivity contribution in [1.82, 2.24) is 23.4 Å². The second-order valence-electron chi connectivity index (χ2n) is 6.94. The van der Waals surface area contributed by atoms with Crippen molar-refractivity contribution in [3.05, 3.63) is 63.4 Å². The van der Waals surface area contributed by atoms with E-state index in [1.54, 1.807) is 0 Å². The SMILES string of the molecule is CN1CCN(S(=O)(=O)c2ccc3nn(Cc4c(F)cccc4Cl)c(=O)n3c2)CC1. The van der Waals surface area contributed by atoms with Crippen molar-refractivity contribution in [2.75, 3.05) is 33.2 Å². The van der Waals surface area contributed by atoms with Crippen LogP contribution in [0.3, 0.4) is 0 Å². The predicted octanol–water partition coefficient (Wildman–Crippen LogP) is 1.27. The first-order chi connectivity index (χ1) is 13.8. The first kappa shape index (κ1) is 20.0. The summed E-state index contributed by atoms with van der Waals surface area (Å²) in [6.45, 7) is 1.89. The van der Waals surface area contributed by atoms with E-state index in [1.807, 2.05) is 7.05 Å². The molecule has 0 spiro atoms. The Bertz CT molecular complexity index is 1210. The Morgan fingerprint density at radius 2 is 1.86 bits per heavy atom. The monoisotopic (exact) mass is 439 g/mol. The first-order valence-electron chi connectivity index (χ1n) is 8.98.